The number of rotatable bonds is 7. The monoisotopic (exact) mass is 551 g/mol. The second-order valence-corrected chi connectivity index (χ2v) is 11.2. The van der Waals surface area contributed by atoms with Crippen molar-refractivity contribution in [3.05, 3.63) is 64.5 Å². The fourth-order valence-corrected chi connectivity index (χ4v) is 6.23. The molecule has 9 heteroatoms. The third-order valence-corrected chi connectivity index (χ3v) is 8.64. The van der Waals surface area contributed by atoms with E-state index in [-0.39, 0.29) is 16.8 Å². The second-order valence-electron chi connectivity index (χ2n) is 10.8. The van der Waals surface area contributed by atoms with Gasteiger partial charge in [-0.1, -0.05) is 18.5 Å². The van der Waals surface area contributed by atoms with E-state index in [0.29, 0.717) is 29.7 Å². The molecule has 1 aliphatic carbocycles. The summed E-state index contributed by atoms with van der Waals surface area (Å²) in [5.74, 6) is 0.490. The Hall–Kier alpha value is -3.39. The number of halogens is 2. The molecule has 1 saturated carbocycles. The minimum atomic E-state index is -0.473. The Bertz CT molecular complexity index is 1500. The predicted molar refractivity (Wildman–Crippen MR) is 152 cm³/mol. The van der Waals surface area contributed by atoms with Gasteiger partial charge in [0.25, 0.3) is 0 Å². The van der Waals surface area contributed by atoms with Crippen molar-refractivity contribution >= 4 is 28.5 Å². The number of amides is 1. The minimum absolute atomic E-state index is 0.0678. The molecule has 206 valence electrons. The molecule has 1 aliphatic rings. The van der Waals surface area contributed by atoms with Gasteiger partial charge in [-0.3, -0.25) is 9.48 Å². The van der Waals surface area contributed by atoms with Crippen LogP contribution in [-0.4, -0.2) is 51.8 Å². The van der Waals surface area contributed by atoms with Crippen LogP contribution in [0.5, 0.6) is 5.75 Å². The van der Waals surface area contributed by atoms with Crippen LogP contribution in [0.25, 0.3) is 22.2 Å². The van der Waals surface area contributed by atoms with Crippen molar-refractivity contribution in [2.24, 2.45) is 5.92 Å². The molecule has 7 nitrogen and oxygen atoms in total. The largest absolute Gasteiger partial charge is 0.496 e. The van der Waals surface area contributed by atoms with Crippen LogP contribution in [0, 0.1) is 18.7 Å². The van der Waals surface area contributed by atoms with Crippen LogP contribution in [-0.2, 0) is 4.79 Å². The molecule has 3 heterocycles. The molecule has 0 radical (unpaired) electrons. The van der Waals surface area contributed by atoms with Gasteiger partial charge in [0.05, 0.1) is 24.4 Å². The van der Waals surface area contributed by atoms with Crippen LogP contribution in [0.1, 0.15) is 67.8 Å². The van der Waals surface area contributed by atoms with Gasteiger partial charge in [-0.2, -0.15) is 5.10 Å². The molecule has 0 bridgehead atoms. The lowest BCUT2D eigenvalue weighted by Crippen LogP contribution is -2.27. The number of benzene rings is 1. The van der Waals surface area contributed by atoms with E-state index in [2.05, 4.69) is 27.6 Å². The maximum Gasteiger partial charge on any atom is 0.222 e. The zero-order valence-electron chi connectivity index (χ0n) is 23.1. The number of ether oxygens (including phenoxy) is 1. The van der Waals surface area contributed by atoms with Crippen molar-refractivity contribution in [1.29, 1.82) is 0 Å². The average molecular weight is 552 g/mol. The molecular formula is C30H35ClFN5O2. The highest BCUT2D eigenvalue weighted by atomic mass is 35.5. The zero-order valence-corrected chi connectivity index (χ0v) is 23.8. The summed E-state index contributed by atoms with van der Waals surface area (Å²) >= 11 is 6.40. The quantitative estimate of drug-likeness (QED) is 0.271. The predicted octanol–water partition coefficient (Wildman–Crippen LogP) is 6.90. The van der Waals surface area contributed by atoms with Gasteiger partial charge in [-0.15, -0.1) is 0 Å². The van der Waals surface area contributed by atoms with E-state index in [1.165, 1.54) is 6.07 Å². The fourth-order valence-electron chi connectivity index (χ4n) is 5.91. The lowest BCUT2D eigenvalue weighted by atomic mass is 9.84. The Labute approximate surface area is 233 Å². The van der Waals surface area contributed by atoms with Gasteiger partial charge in [0.15, 0.2) is 0 Å². The highest BCUT2D eigenvalue weighted by Crippen LogP contribution is 2.41. The van der Waals surface area contributed by atoms with E-state index in [9.17, 15) is 9.18 Å². The van der Waals surface area contributed by atoms with Gasteiger partial charge >= 0.3 is 0 Å². The molecule has 1 N–H and O–H groups in total. The van der Waals surface area contributed by atoms with Crippen LogP contribution >= 0.6 is 11.6 Å². The summed E-state index contributed by atoms with van der Waals surface area (Å²) in [6.07, 6.45) is 10.4. The van der Waals surface area contributed by atoms with Gasteiger partial charge in [0.1, 0.15) is 17.2 Å². The number of nitrogens with one attached hydrogen (secondary N) is 1. The van der Waals surface area contributed by atoms with Gasteiger partial charge in [-0.25, -0.2) is 9.37 Å². The van der Waals surface area contributed by atoms with Crippen LogP contribution in [0.2, 0.25) is 5.02 Å². The molecule has 0 aliphatic heterocycles. The first-order chi connectivity index (χ1) is 18.7. The summed E-state index contributed by atoms with van der Waals surface area (Å²) < 4.78 is 22.0. The smallest absolute Gasteiger partial charge is 0.222 e. The minimum Gasteiger partial charge on any atom is -0.496 e. The SMILES string of the molecule is COc1ccc(F)c(Cl)c1[C@@H](C)c1c[nH]c2ncc(-c3cnn(C4CCC(CC(=O)N(C)C)CC4)c3C)cc12. The summed E-state index contributed by atoms with van der Waals surface area (Å²) in [5, 5.41) is 5.79. The van der Waals surface area contributed by atoms with Crippen molar-refractivity contribution in [3.63, 3.8) is 0 Å². The topological polar surface area (TPSA) is 76.0 Å². The molecule has 3 aromatic heterocycles. The number of nitrogens with zero attached hydrogens (tertiary/aromatic N) is 4. The molecule has 1 fully saturated rings. The van der Waals surface area contributed by atoms with Gasteiger partial charge < -0.3 is 14.6 Å². The maximum atomic E-state index is 14.4. The summed E-state index contributed by atoms with van der Waals surface area (Å²) in [6, 6.07) is 5.37. The molecule has 1 atom stereocenters. The Morgan fingerprint density at radius 1 is 1.26 bits per heavy atom. The van der Waals surface area contributed by atoms with Crippen LogP contribution in [0.3, 0.4) is 0 Å². The average Bonchev–Trinajstić information content (AvgIpc) is 3.53. The van der Waals surface area contributed by atoms with Crippen LogP contribution in [0.15, 0.2) is 36.8 Å². The van der Waals surface area contributed by atoms with E-state index in [1.54, 1.807) is 18.1 Å². The molecular weight excluding hydrogens is 517 g/mol. The Balaban J connectivity index is 1.41. The maximum absolute atomic E-state index is 14.4. The number of methoxy groups -OCH3 is 1. The molecule has 0 unspecified atom stereocenters. The highest BCUT2D eigenvalue weighted by molar-refractivity contribution is 6.31. The molecule has 39 heavy (non-hydrogen) atoms. The molecule has 0 spiro atoms. The number of hydrogen-bond acceptors (Lipinski definition) is 4. The van der Waals surface area contributed by atoms with Crippen molar-refractivity contribution in [2.75, 3.05) is 21.2 Å². The van der Waals surface area contributed by atoms with E-state index >= 15 is 0 Å². The number of fused-ring (bicyclic) bond motifs is 1. The highest BCUT2D eigenvalue weighted by Gasteiger charge is 2.27. The summed E-state index contributed by atoms with van der Waals surface area (Å²) in [4.78, 5) is 21.7. The van der Waals surface area contributed by atoms with Crippen molar-refractivity contribution in [2.45, 2.75) is 57.9 Å². The summed E-state index contributed by atoms with van der Waals surface area (Å²) in [6.45, 7) is 4.09. The number of pyridine rings is 1. The fraction of sp³-hybridized carbons (Fsp3) is 0.433. The Morgan fingerprint density at radius 2 is 2.00 bits per heavy atom. The number of aromatic amines is 1. The molecule has 4 aromatic rings. The second kappa shape index (κ2) is 11.0. The summed E-state index contributed by atoms with van der Waals surface area (Å²) in [7, 11) is 5.20. The first-order valence-corrected chi connectivity index (χ1v) is 13.8. The molecule has 1 amide bonds. The molecule has 5 rings (SSSR count). The number of H-pyrrole nitrogens is 1. The van der Waals surface area contributed by atoms with Crippen molar-refractivity contribution in [1.82, 2.24) is 24.6 Å². The van der Waals surface area contributed by atoms with E-state index in [4.69, 9.17) is 21.4 Å². The molecule has 1 aromatic carbocycles. The van der Waals surface area contributed by atoms with E-state index in [0.717, 1.165) is 59.1 Å². The third kappa shape index (κ3) is 5.14. The number of carbonyl (C=O) groups is 1. The van der Waals surface area contributed by atoms with E-state index in [1.807, 2.05) is 39.6 Å². The lowest BCUT2D eigenvalue weighted by molar-refractivity contribution is -0.130. The first kappa shape index (κ1) is 27.2. The van der Waals surface area contributed by atoms with Gasteiger partial charge in [0, 0.05) is 66.6 Å². The van der Waals surface area contributed by atoms with Crippen LogP contribution in [0.4, 0.5) is 4.39 Å². The Kier molecular flexibility index (Phi) is 7.67. The van der Waals surface area contributed by atoms with Gasteiger partial charge in [0.2, 0.25) is 5.91 Å². The lowest BCUT2D eigenvalue weighted by Gasteiger charge is -2.29. The standard InChI is InChI=1S/C30H35ClFN5O2/c1-17(28-26(39-5)11-10-25(32)29(28)31)23-15-34-30-22(23)13-20(14-33-30)24-16-35-37(18(24)2)21-8-6-19(7-9-21)12-27(38)36(3)4/h10-11,13-17,19,21H,6-9,12H2,1-5H3,(H,33,34)/t17-,19?,21?/m0/s1. The number of carbonyl (C=O) groups excluding carboxylic acids is 1. The zero-order chi connectivity index (χ0) is 27.8. The van der Waals surface area contributed by atoms with Crippen molar-refractivity contribution < 1.29 is 13.9 Å². The Morgan fingerprint density at radius 3 is 2.69 bits per heavy atom. The van der Waals surface area contributed by atoms with Crippen LogP contribution < -0.4 is 4.74 Å². The van der Waals surface area contributed by atoms with E-state index < -0.39 is 5.82 Å². The number of aromatic nitrogens is 4. The number of hydrogen-bond donors (Lipinski definition) is 1. The molecule has 0 saturated heterocycles. The van der Waals surface area contributed by atoms with Gasteiger partial charge in [-0.05, 0) is 62.3 Å². The third-order valence-electron chi connectivity index (χ3n) is 8.26. The summed E-state index contributed by atoms with van der Waals surface area (Å²) in [5.41, 5.74) is 5.43. The first-order valence-electron chi connectivity index (χ1n) is 13.4. The normalized spacial score (nSPS) is 18.3. The van der Waals surface area contributed by atoms with Crippen molar-refractivity contribution in [3.8, 4) is 16.9 Å².